The van der Waals surface area contributed by atoms with Gasteiger partial charge >= 0.3 is 12.1 Å². The van der Waals surface area contributed by atoms with Crippen LogP contribution in [0.1, 0.15) is 35.4 Å². The lowest BCUT2D eigenvalue weighted by molar-refractivity contribution is -0.192. The summed E-state index contributed by atoms with van der Waals surface area (Å²) in [6, 6.07) is 4.09. The van der Waals surface area contributed by atoms with Crippen LogP contribution in [0, 0.1) is 19.3 Å². The average Bonchev–Trinajstić information content (AvgIpc) is 3.35. The number of aryl methyl sites for hydroxylation is 2. The fraction of sp³-hybridized carbons (Fsp3) is 0.524. The molecule has 2 fully saturated rings. The van der Waals surface area contributed by atoms with Crippen molar-refractivity contribution >= 4 is 11.9 Å². The average molecular weight is 454 g/mol. The molecule has 0 aromatic carbocycles. The van der Waals surface area contributed by atoms with E-state index in [1.807, 2.05) is 31.0 Å². The third-order valence-electron chi connectivity index (χ3n) is 5.82. The van der Waals surface area contributed by atoms with Crippen molar-refractivity contribution in [3.05, 3.63) is 47.1 Å². The van der Waals surface area contributed by atoms with Gasteiger partial charge in [-0.3, -0.25) is 14.7 Å². The van der Waals surface area contributed by atoms with Crippen LogP contribution in [0.4, 0.5) is 13.2 Å². The predicted octanol–water partition coefficient (Wildman–Crippen LogP) is 2.94. The summed E-state index contributed by atoms with van der Waals surface area (Å²) in [5, 5.41) is 11.1. The van der Waals surface area contributed by atoms with E-state index in [-0.39, 0.29) is 11.3 Å². The first kappa shape index (κ1) is 23.7. The van der Waals surface area contributed by atoms with Crippen LogP contribution in [0.25, 0.3) is 0 Å². The Hall–Kier alpha value is -2.95. The van der Waals surface area contributed by atoms with Crippen LogP contribution in [-0.2, 0) is 22.7 Å². The Balaban J connectivity index is 0.000000360. The van der Waals surface area contributed by atoms with E-state index in [2.05, 4.69) is 21.1 Å². The lowest BCUT2D eigenvalue weighted by Gasteiger charge is -2.24. The summed E-state index contributed by atoms with van der Waals surface area (Å²) in [5.74, 6) is -1.69. The molecule has 4 rings (SSSR count). The molecule has 32 heavy (non-hydrogen) atoms. The first-order chi connectivity index (χ1) is 15.0. The van der Waals surface area contributed by atoms with Gasteiger partial charge in [0, 0.05) is 49.4 Å². The van der Waals surface area contributed by atoms with Crippen LogP contribution < -0.4 is 0 Å². The molecule has 0 aliphatic carbocycles. The van der Waals surface area contributed by atoms with Gasteiger partial charge in [0.15, 0.2) is 0 Å². The lowest BCUT2D eigenvalue weighted by Crippen LogP contribution is -2.31. The van der Waals surface area contributed by atoms with Crippen LogP contribution in [-0.4, -0.2) is 62.7 Å². The number of alkyl halides is 3. The molecule has 174 valence electrons. The van der Waals surface area contributed by atoms with Crippen LogP contribution in [0.5, 0.6) is 0 Å². The lowest BCUT2D eigenvalue weighted by atomic mass is 9.86. The summed E-state index contributed by atoms with van der Waals surface area (Å²) in [4.78, 5) is 30.1. The van der Waals surface area contributed by atoms with E-state index >= 15 is 0 Å². The maximum absolute atomic E-state index is 12.6. The molecular weight excluding hydrogens is 429 g/mol. The smallest absolute Gasteiger partial charge is 0.475 e. The van der Waals surface area contributed by atoms with Crippen molar-refractivity contribution in [2.24, 2.45) is 5.41 Å². The quantitative estimate of drug-likeness (QED) is 0.758. The fourth-order valence-electron chi connectivity index (χ4n) is 4.23. The van der Waals surface area contributed by atoms with Gasteiger partial charge in [0.2, 0.25) is 5.91 Å². The molecule has 1 amide bonds. The Labute approximate surface area is 183 Å². The molecule has 2 aliphatic rings. The number of carboxylic acids is 1. The highest BCUT2D eigenvalue weighted by Gasteiger charge is 2.47. The molecule has 1 atom stereocenters. The molecule has 1 N–H and O–H groups in total. The summed E-state index contributed by atoms with van der Waals surface area (Å²) in [5.41, 5.74) is 3.26. The first-order valence-corrected chi connectivity index (χ1v) is 10.1. The molecule has 2 aliphatic heterocycles. The number of halogens is 3. The van der Waals surface area contributed by atoms with E-state index in [1.165, 1.54) is 5.56 Å². The molecule has 1 unspecified atom stereocenters. The van der Waals surface area contributed by atoms with Gasteiger partial charge in [-0.25, -0.2) is 4.79 Å². The number of aromatic nitrogens is 2. The molecule has 2 aromatic rings. The standard InChI is InChI=1S/C19H24N4O2.C2HF3O2/c1-14-17(15(2)25-21-14)11-23-13-19(8-18(23)24)5-7-22(12-19)10-16-4-3-6-20-9-16;3-2(4,5)1(6)7/h3-4,6,9H,5,7-8,10-13H2,1-2H3;(H,6,7). The van der Waals surface area contributed by atoms with Gasteiger partial charge in [-0.2, -0.15) is 13.2 Å². The van der Waals surface area contributed by atoms with Crippen molar-refractivity contribution in [2.75, 3.05) is 19.6 Å². The maximum Gasteiger partial charge on any atom is 0.490 e. The third kappa shape index (κ3) is 5.64. The predicted molar refractivity (Wildman–Crippen MR) is 106 cm³/mol. The van der Waals surface area contributed by atoms with Gasteiger partial charge in [0.05, 0.1) is 12.2 Å². The highest BCUT2D eigenvalue weighted by Crippen LogP contribution is 2.41. The van der Waals surface area contributed by atoms with Gasteiger partial charge in [0.25, 0.3) is 0 Å². The maximum atomic E-state index is 12.6. The number of pyridine rings is 1. The highest BCUT2D eigenvalue weighted by atomic mass is 19.4. The van der Waals surface area contributed by atoms with Crippen LogP contribution in [0.2, 0.25) is 0 Å². The fourth-order valence-corrected chi connectivity index (χ4v) is 4.23. The van der Waals surface area contributed by atoms with Crippen LogP contribution in [0.15, 0.2) is 29.0 Å². The number of likely N-dealkylation sites (tertiary alicyclic amines) is 2. The zero-order valence-electron chi connectivity index (χ0n) is 17.9. The zero-order chi connectivity index (χ0) is 23.5. The Bertz CT molecular complexity index is 944. The zero-order valence-corrected chi connectivity index (χ0v) is 17.9. The van der Waals surface area contributed by atoms with Crippen LogP contribution >= 0.6 is 0 Å². The summed E-state index contributed by atoms with van der Waals surface area (Å²) >= 11 is 0. The molecule has 0 bridgehead atoms. The number of hydrogen-bond donors (Lipinski definition) is 1. The second-order valence-corrected chi connectivity index (χ2v) is 8.35. The number of aliphatic carboxylic acids is 1. The molecule has 0 radical (unpaired) electrons. The van der Waals surface area contributed by atoms with E-state index in [4.69, 9.17) is 14.4 Å². The number of rotatable bonds is 4. The van der Waals surface area contributed by atoms with Crippen molar-refractivity contribution < 1.29 is 32.4 Å². The highest BCUT2D eigenvalue weighted by molar-refractivity contribution is 5.79. The Kier molecular flexibility index (Phi) is 6.87. The number of nitrogens with zero attached hydrogens (tertiary/aromatic N) is 4. The molecule has 2 aromatic heterocycles. The van der Waals surface area contributed by atoms with Crippen molar-refractivity contribution in [1.29, 1.82) is 0 Å². The minimum absolute atomic E-state index is 0.0955. The normalized spacial score (nSPS) is 21.2. The third-order valence-corrected chi connectivity index (χ3v) is 5.82. The van der Waals surface area contributed by atoms with Crippen molar-refractivity contribution in [1.82, 2.24) is 19.9 Å². The second-order valence-electron chi connectivity index (χ2n) is 8.35. The Morgan fingerprint density at radius 3 is 2.56 bits per heavy atom. The molecule has 2 saturated heterocycles. The van der Waals surface area contributed by atoms with Crippen molar-refractivity contribution in [2.45, 2.75) is 46.0 Å². The van der Waals surface area contributed by atoms with E-state index < -0.39 is 12.1 Å². The van der Waals surface area contributed by atoms with Gasteiger partial charge in [-0.05, 0) is 38.4 Å². The number of carbonyl (C=O) groups is 2. The van der Waals surface area contributed by atoms with Crippen molar-refractivity contribution in [3.8, 4) is 0 Å². The van der Waals surface area contributed by atoms with Gasteiger partial charge in [-0.15, -0.1) is 0 Å². The number of carbonyl (C=O) groups excluding carboxylic acids is 1. The van der Waals surface area contributed by atoms with Gasteiger partial charge in [-0.1, -0.05) is 11.2 Å². The topological polar surface area (TPSA) is 99.8 Å². The Morgan fingerprint density at radius 2 is 2.00 bits per heavy atom. The summed E-state index contributed by atoms with van der Waals surface area (Å²) in [6.07, 6.45) is 0.378. The van der Waals surface area contributed by atoms with E-state index in [9.17, 15) is 18.0 Å². The van der Waals surface area contributed by atoms with Crippen LogP contribution in [0.3, 0.4) is 0 Å². The SMILES string of the molecule is Cc1noc(C)c1CN1CC2(CCN(Cc3cccnc3)C2)CC1=O.O=C(O)C(F)(F)F. The summed E-state index contributed by atoms with van der Waals surface area (Å²) in [6.45, 7) is 8.23. The van der Waals surface area contributed by atoms with Gasteiger partial charge in [0.1, 0.15) is 5.76 Å². The number of amides is 1. The molecule has 8 nitrogen and oxygen atoms in total. The minimum atomic E-state index is -5.08. The molecule has 1 spiro atoms. The Morgan fingerprint density at radius 1 is 1.28 bits per heavy atom. The molecule has 4 heterocycles. The molecule has 0 saturated carbocycles. The number of hydrogen-bond acceptors (Lipinski definition) is 6. The van der Waals surface area contributed by atoms with Crippen molar-refractivity contribution in [3.63, 3.8) is 0 Å². The second kappa shape index (κ2) is 9.27. The minimum Gasteiger partial charge on any atom is -0.475 e. The summed E-state index contributed by atoms with van der Waals surface area (Å²) < 4.78 is 37.0. The number of carboxylic acid groups (broad SMARTS) is 1. The summed E-state index contributed by atoms with van der Waals surface area (Å²) in [7, 11) is 0. The molecular formula is C21H25F3N4O4. The molecule has 11 heteroatoms. The largest absolute Gasteiger partial charge is 0.490 e. The first-order valence-electron chi connectivity index (χ1n) is 10.1. The monoisotopic (exact) mass is 454 g/mol. The van der Waals surface area contributed by atoms with Gasteiger partial charge < -0.3 is 14.5 Å². The van der Waals surface area contributed by atoms with E-state index in [0.29, 0.717) is 13.0 Å². The van der Waals surface area contributed by atoms with E-state index in [1.54, 1.807) is 6.20 Å². The van der Waals surface area contributed by atoms with E-state index in [0.717, 1.165) is 49.6 Å².